The Hall–Kier alpha value is -0.560. The fourth-order valence-electron chi connectivity index (χ4n) is 1.56. The van der Waals surface area contributed by atoms with Crippen molar-refractivity contribution in [3.05, 3.63) is 29.3 Å². The SMILES string of the molecule is CSc1nnc(Sc2ccc(CCN)cc2C)s1. The van der Waals surface area contributed by atoms with Crippen molar-refractivity contribution in [1.82, 2.24) is 10.2 Å². The Labute approximate surface area is 120 Å². The maximum Gasteiger partial charge on any atom is 0.179 e. The van der Waals surface area contributed by atoms with Gasteiger partial charge in [0, 0.05) is 4.90 Å². The first-order valence-corrected chi connectivity index (χ1v) is 8.43. The summed E-state index contributed by atoms with van der Waals surface area (Å²) in [5.74, 6) is 0. The van der Waals surface area contributed by atoms with Gasteiger partial charge in [0.15, 0.2) is 8.68 Å². The molecule has 0 spiro atoms. The summed E-state index contributed by atoms with van der Waals surface area (Å²) in [5.41, 5.74) is 8.13. The van der Waals surface area contributed by atoms with E-state index < -0.39 is 0 Å². The van der Waals surface area contributed by atoms with E-state index in [-0.39, 0.29) is 0 Å². The highest BCUT2D eigenvalue weighted by Gasteiger charge is 2.07. The lowest BCUT2D eigenvalue weighted by Gasteiger charge is -2.05. The summed E-state index contributed by atoms with van der Waals surface area (Å²) >= 11 is 4.94. The minimum Gasteiger partial charge on any atom is -0.330 e. The Morgan fingerprint density at radius 3 is 2.67 bits per heavy atom. The quantitative estimate of drug-likeness (QED) is 0.859. The summed E-state index contributed by atoms with van der Waals surface area (Å²) in [7, 11) is 0. The summed E-state index contributed by atoms with van der Waals surface area (Å²) < 4.78 is 2.00. The molecule has 0 bridgehead atoms. The number of benzene rings is 1. The largest absolute Gasteiger partial charge is 0.330 e. The highest BCUT2D eigenvalue weighted by molar-refractivity contribution is 8.03. The first kappa shape index (κ1) is 13.9. The molecule has 2 N–H and O–H groups in total. The molecule has 0 aliphatic heterocycles. The van der Waals surface area contributed by atoms with Crippen LogP contribution in [-0.2, 0) is 6.42 Å². The van der Waals surface area contributed by atoms with Gasteiger partial charge in [-0.05, 0) is 43.3 Å². The maximum atomic E-state index is 5.57. The van der Waals surface area contributed by atoms with E-state index >= 15 is 0 Å². The molecule has 0 saturated heterocycles. The zero-order valence-corrected chi connectivity index (χ0v) is 12.8. The second-order valence-corrected chi connectivity index (χ2v) is 7.10. The molecule has 0 atom stereocenters. The third-order valence-electron chi connectivity index (χ3n) is 2.43. The lowest BCUT2D eigenvalue weighted by atomic mass is 10.1. The van der Waals surface area contributed by atoms with Crippen LogP contribution in [0.4, 0.5) is 0 Å². The summed E-state index contributed by atoms with van der Waals surface area (Å²) in [5, 5.41) is 8.27. The second-order valence-electron chi connectivity index (χ2n) is 3.78. The topological polar surface area (TPSA) is 51.8 Å². The highest BCUT2D eigenvalue weighted by atomic mass is 32.2. The van der Waals surface area contributed by atoms with E-state index in [4.69, 9.17) is 5.73 Å². The smallest absolute Gasteiger partial charge is 0.179 e. The molecule has 96 valence electrons. The molecule has 0 aliphatic rings. The molecule has 0 unspecified atom stereocenters. The van der Waals surface area contributed by atoms with Crippen molar-refractivity contribution in [2.75, 3.05) is 12.8 Å². The van der Waals surface area contributed by atoms with E-state index in [2.05, 4.69) is 35.3 Å². The first-order valence-electron chi connectivity index (χ1n) is 5.58. The van der Waals surface area contributed by atoms with Crippen molar-refractivity contribution < 1.29 is 0 Å². The monoisotopic (exact) mass is 297 g/mol. The summed E-state index contributed by atoms with van der Waals surface area (Å²) in [4.78, 5) is 1.24. The van der Waals surface area contributed by atoms with Gasteiger partial charge in [0.1, 0.15) is 0 Å². The first-order chi connectivity index (χ1) is 8.72. The van der Waals surface area contributed by atoms with Gasteiger partial charge in [0.2, 0.25) is 0 Å². The van der Waals surface area contributed by atoms with Gasteiger partial charge in [-0.25, -0.2) is 0 Å². The Morgan fingerprint density at radius 1 is 1.28 bits per heavy atom. The van der Waals surface area contributed by atoms with Gasteiger partial charge in [0.25, 0.3) is 0 Å². The molecule has 2 aromatic rings. The predicted molar refractivity (Wildman–Crippen MR) is 79.8 cm³/mol. The lowest BCUT2D eigenvalue weighted by molar-refractivity contribution is 0.953. The van der Waals surface area contributed by atoms with E-state index in [1.165, 1.54) is 16.0 Å². The third-order valence-corrected chi connectivity index (χ3v) is 5.56. The molecule has 0 radical (unpaired) electrons. The molecule has 1 aromatic heterocycles. The van der Waals surface area contributed by atoms with Crippen LogP contribution in [0.2, 0.25) is 0 Å². The summed E-state index contributed by atoms with van der Waals surface area (Å²) in [6.45, 7) is 2.82. The van der Waals surface area contributed by atoms with Crippen LogP contribution in [-0.4, -0.2) is 23.0 Å². The van der Waals surface area contributed by atoms with Gasteiger partial charge in [-0.1, -0.05) is 47.0 Å². The lowest BCUT2D eigenvalue weighted by Crippen LogP contribution is -2.02. The zero-order valence-electron chi connectivity index (χ0n) is 10.3. The van der Waals surface area contributed by atoms with Crippen LogP contribution in [0.5, 0.6) is 0 Å². The molecule has 0 amide bonds. The maximum absolute atomic E-state index is 5.57. The fourth-order valence-corrected chi connectivity index (χ4v) is 4.03. The van der Waals surface area contributed by atoms with Crippen molar-refractivity contribution in [3.8, 4) is 0 Å². The van der Waals surface area contributed by atoms with E-state index in [1.807, 2.05) is 6.26 Å². The van der Waals surface area contributed by atoms with Gasteiger partial charge < -0.3 is 5.73 Å². The van der Waals surface area contributed by atoms with Crippen molar-refractivity contribution in [3.63, 3.8) is 0 Å². The molecule has 0 fully saturated rings. The standard InChI is InChI=1S/C12H15N3S3/c1-8-7-9(5-6-13)3-4-10(8)17-12-15-14-11(16-2)18-12/h3-4,7H,5-6,13H2,1-2H3. The van der Waals surface area contributed by atoms with Gasteiger partial charge in [-0.3, -0.25) is 0 Å². The Morgan fingerprint density at radius 2 is 2.06 bits per heavy atom. The predicted octanol–water partition coefficient (Wildman–Crippen LogP) is 3.22. The number of aromatic nitrogens is 2. The molecular weight excluding hydrogens is 282 g/mol. The number of thioether (sulfide) groups is 1. The Bertz CT molecular complexity index is 525. The number of nitrogens with two attached hydrogens (primary N) is 1. The highest BCUT2D eigenvalue weighted by Crippen LogP contribution is 2.34. The fraction of sp³-hybridized carbons (Fsp3) is 0.333. The van der Waals surface area contributed by atoms with E-state index in [0.29, 0.717) is 6.54 Å². The summed E-state index contributed by atoms with van der Waals surface area (Å²) in [6, 6.07) is 6.48. The minimum absolute atomic E-state index is 0.694. The van der Waals surface area contributed by atoms with Gasteiger partial charge in [0.05, 0.1) is 0 Å². The normalized spacial score (nSPS) is 10.8. The molecule has 1 heterocycles. The Kier molecular flexibility index (Phi) is 5.05. The molecule has 2 rings (SSSR count). The number of nitrogens with zero attached hydrogens (tertiary/aromatic N) is 2. The van der Waals surface area contributed by atoms with Crippen molar-refractivity contribution >= 4 is 34.9 Å². The average molecular weight is 297 g/mol. The van der Waals surface area contributed by atoms with Crippen molar-refractivity contribution in [2.24, 2.45) is 5.73 Å². The van der Waals surface area contributed by atoms with Crippen molar-refractivity contribution in [1.29, 1.82) is 0 Å². The molecule has 1 aromatic carbocycles. The average Bonchev–Trinajstić information content (AvgIpc) is 2.81. The second kappa shape index (κ2) is 6.56. The van der Waals surface area contributed by atoms with Crippen LogP contribution in [0.1, 0.15) is 11.1 Å². The number of rotatable bonds is 5. The van der Waals surface area contributed by atoms with Gasteiger partial charge >= 0.3 is 0 Å². The van der Waals surface area contributed by atoms with Crippen LogP contribution < -0.4 is 5.73 Å². The molecule has 6 heteroatoms. The minimum atomic E-state index is 0.694. The molecule has 0 saturated carbocycles. The zero-order chi connectivity index (χ0) is 13.0. The van der Waals surface area contributed by atoms with Gasteiger partial charge in [-0.15, -0.1) is 10.2 Å². The molecular formula is C12H15N3S3. The number of hydrogen-bond acceptors (Lipinski definition) is 6. The number of aryl methyl sites for hydroxylation is 1. The van der Waals surface area contributed by atoms with Crippen molar-refractivity contribution in [2.45, 2.75) is 26.9 Å². The summed E-state index contributed by atoms with van der Waals surface area (Å²) in [6.07, 6.45) is 2.95. The number of hydrogen-bond donors (Lipinski definition) is 1. The van der Waals surface area contributed by atoms with Crippen LogP contribution in [0.15, 0.2) is 31.8 Å². The van der Waals surface area contributed by atoms with Crippen LogP contribution in [0.25, 0.3) is 0 Å². The van der Waals surface area contributed by atoms with E-state index in [1.54, 1.807) is 34.9 Å². The van der Waals surface area contributed by atoms with Crippen LogP contribution >= 0.6 is 34.9 Å². The third kappa shape index (κ3) is 3.47. The van der Waals surface area contributed by atoms with Crippen LogP contribution in [0, 0.1) is 6.92 Å². The molecule has 0 aliphatic carbocycles. The van der Waals surface area contributed by atoms with E-state index in [0.717, 1.165) is 15.1 Å². The Balaban J connectivity index is 2.13. The molecule has 18 heavy (non-hydrogen) atoms. The van der Waals surface area contributed by atoms with Gasteiger partial charge in [-0.2, -0.15) is 0 Å². The van der Waals surface area contributed by atoms with E-state index in [9.17, 15) is 0 Å². The molecule has 3 nitrogen and oxygen atoms in total. The van der Waals surface area contributed by atoms with Crippen LogP contribution in [0.3, 0.4) is 0 Å².